The summed E-state index contributed by atoms with van der Waals surface area (Å²) in [5, 5.41) is 2.39. The van der Waals surface area contributed by atoms with Crippen LogP contribution in [0.2, 0.25) is 0 Å². The number of alkyl halides is 3. The van der Waals surface area contributed by atoms with E-state index in [9.17, 15) is 18.0 Å². The van der Waals surface area contributed by atoms with Crippen molar-refractivity contribution in [1.82, 2.24) is 15.0 Å². The lowest BCUT2D eigenvalue weighted by molar-refractivity contribution is -0.138. The molecule has 2 N–H and O–H groups in total. The normalized spacial score (nSPS) is 11.0. The Kier molecular flexibility index (Phi) is 5.91. The van der Waals surface area contributed by atoms with Crippen LogP contribution in [0.5, 0.6) is 5.88 Å². The SMILES string of the molecule is COc1ccc(SNC(=O)NCc2ccccc2C(F)(F)F)cn1. The highest BCUT2D eigenvalue weighted by Gasteiger charge is 2.32. The summed E-state index contributed by atoms with van der Waals surface area (Å²) < 4.78 is 45.9. The molecule has 9 heteroatoms. The molecular weight excluding hydrogens is 343 g/mol. The number of aromatic nitrogens is 1. The van der Waals surface area contributed by atoms with Crippen LogP contribution in [-0.4, -0.2) is 18.1 Å². The van der Waals surface area contributed by atoms with Crippen molar-refractivity contribution in [3.8, 4) is 5.88 Å². The average Bonchev–Trinajstić information content (AvgIpc) is 2.58. The van der Waals surface area contributed by atoms with Gasteiger partial charge in [-0.3, -0.25) is 4.72 Å². The second kappa shape index (κ2) is 7.91. The number of urea groups is 1. The average molecular weight is 357 g/mol. The molecule has 0 bridgehead atoms. The van der Waals surface area contributed by atoms with Crippen molar-refractivity contribution in [1.29, 1.82) is 0 Å². The first-order valence-electron chi connectivity index (χ1n) is 6.76. The molecule has 0 aliphatic heterocycles. The van der Waals surface area contributed by atoms with Crippen LogP contribution < -0.4 is 14.8 Å². The molecule has 0 fully saturated rings. The highest BCUT2D eigenvalue weighted by molar-refractivity contribution is 7.98. The Labute approximate surface area is 140 Å². The van der Waals surface area contributed by atoms with Crippen LogP contribution in [-0.2, 0) is 12.7 Å². The molecular formula is C15H14F3N3O2S. The van der Waals surface area contributed by atoms with Crippen molar-refractivity contribution < 1.29 is 22.7 Å². The fourth-order valence-corrected chi connectivity index (χ4v) is 2.34. The number of carbonyl (C=O) groups is 1. The molecule has 128 valence electrons. The Morgan fingerprint density at radius 2 is 2.00 bits per heavy atom. The van der Waals surface area contributed by atoms with Crippen LogP contribution in [0.3, 0.4) is 0 Å². The number of amides is 2. The predicted octanol–water partition coefficient (Wildman–Crippen LogP) is 3.62. The molecule has 0 radical (unpaired) electrons. The molecule has 1 heterocycles. The van der Waals surface area contributed by atoms with E-state index in [1.165, 1.54) is 31.5 Å². The van der Waals surface area contributed by atoms with Gasteiger partial charge in [-0.05, 0) is 29.6 Å². The fraction of sp³-hybridized carbons (Fsp3) is 0.200. The van der Waals surface area contributed by atoms with Crippen LogP contribution in [0.25, 0.3) is 0 Å². The summed E-state index contributed by atoms with van der Waals surface area (Å²) in [6.07, 6.45) is -2.96. The minimum Gasteiger partial charge on any atom is -0.481 e. The maximum atomic E-state index is 12.9. The topological polar surface area (TPSA) is 63.2 Å². The second-order valence-corrected chi connectivity index (χ2v) is 5.46. The van der Waals surface area contributed by atoms with E-state index in [4.69, 9.17) is 4.74 Å². The molecule has 0 atom stereocenters. The molecule has 2 aromatic rings. The number of carbonyl (C=O) groups excluding carboxylic acids is 1. The molecule has 0 aliphatic carbocycles. The fourth-order valence-electron chi connectivity index (χ4n) is 1.82. The third kappa shape index (κ3) is 5.05. The van der Waals surface area contributed by atoms with Crippen LogP contribution in [0.4, 0.5) is 18.0 Å². The highest BCUT2D eigenvalue weighted by atomic mass is 32.2. The van der Waals surface area contributed by atoms with Gasteiger partial charge in [0.25, 0.3) is 0 Å². The Morgan fingerprint density at radius 1 is 1.25 bits per heavy atom. The van der Waals surface area contributed by atoms with Crippen LogP contribution in [0, 0.1) is 0 Å². The first-order chi connectivity index (χ1) is 11.4. The molecule has 24 heavy (non-hydrogen) atoms. The van der Waals surface area contributed by atoms with Gasteiger partial charge in [-0.1, -0.05) is 18.2 Å². The zero-order valence-electron chi connectivity index (χ0n) is 12.6. The van der Waals surface area contributed by atoms with Gasteiger partial charge in [0, 0.05) is 23.7 Å². The maximum Gasteiger partial charge on any atom is 0.416 e. The summed E-state index contributed by atoms with van der Waals surface area (Å²) in [4.78, 5) is 16.3. The van der Waals surface area contributed by atoms with Crippen LogP contribution in [0.15, 0.2) is 47.5 Å². The van der Waals surface area contributed by atoms with Crippen molar-refractivity contribution in [2.24, 2.45) is 0 Å². The third-order valence-electron chi connectivity index (χ3n) is 2.94. The molecule has 2 rings (SSSR count). The van der Waals surface area contributed by atoms with E-state index < -0.39 is 17.8 Å². The standard InChI is InChI=1S/C15H14F3N3O2S/c1-23-13-7-6-11(9-19-13)24-21-14(22)20-8-10-4-2-3-5-12(10)15(16,17)18/h2-7,9H,8H2,1H3,(H2,20,21,22). The van der Waals surface area contributed by atoms with E-state index in [-0.39, 0.29) is 12.1 Å². The number of benzene rings is 1. The van der Waals surface area contributed by atoms with E-state index in [2.05, 4.69) is 15.0 Å². The summed E-state index contributed by atoms with van der Waals surface area (Å²) in [6, 6.07) is 7.81. The molecule has 0 saturated heterocycles. The number of rotatable bonds is 5. The zero-order chi connectivity index (χ0) is 17.6. The molecule has 0 aliphatic rings. The lowest BCUT2D eigenvalue weighted by Gasteiger charge is -2.13. The van der Waals surface area contributed by atoms with Gasteiger partial charge >= 0.3 is 12.2 Å². The number of methoxy groups -OCH3 is 1. The van der Waals surface area contributed by atoms with E-state index >= 15 is 0 Å². The molecule has 2 amide bonds. The molecule has 1 aromatic carbocycles. The summed E-state index contributed by atoms with van der Waals surface area (Å²) >= 11 is 0.990. The lowest BCUT2D eigenvalue weighted by Crippen LogP contribution is -2.31. The number of hydrogen-bond donors (Lipinski definition) is 2. The molecule has 0 saturated carbocycles. The van der Waals surface area contributed by atoms with Gasteiger partial charge in [-0.2, -0.15) is 13.2 Å². The van der Waals surface area contributed by atoms with E-state index in [0.29, 0.717) is 10.8 Å². The zero-order valence-corrected chi connectivity index (χ0v) is 13.4. The number of halogens is 3. The van der Waals surface area contributed by atoms with Gasteiger partial charge in [0.15, 0.2) is 0 Å². The first-order valence-corrected chi connectivity index (χ1v) is 7.57. The van der Waals surface area contributed by atoms with Gasteiger partial charge in [-0.15, -0.1) is 0 Å². The lowest BCUT2D eigenvalue weighted by atomic mass is 10.1. The van der Waals surface area contributed by atoms with Crippen molar-refractivity contribution >= 4 is 18.0 Å². The smallest absolute Gasteiger partial charge is 0.416 e. The number of ether oxygens (including phenoxy) is 1. The van der Waals surface area contributed by atoms with Gasteiger partial charge < -0.3 is 10.1 Å². The predicted molar refractivity (Wildman–Crippen MR) is 83.5 cm³/mol. The van der Waals surface area contributed by atoms with E-state index in [1.54, 1.807) is 12.1 Å². The highest BCUT2D eigenvalue weighted by Crippen LogP contribution is 2.31. The van der Waals surface area contributed by atoms with E-state index in [1.807, 2.05) is 0 Å². The van der Waals surface area contributed by atoms with Crippen molar-refractivity contribution in [2.75, 3.05) is 7.11 Å². The monoisotopic (exact) mass is 357 g/mol. The van der Waals surface area contributed by atoms with Gasteiger partial charge in [-0.25, -0.2) is 9.78 Å². The largest absolute Gasteiger partial charge is 0.481 e. The minimum absolute atomic E-state index is 0.00346. The number of nitrogens with one attached hydrogen (secondary N) is 2. The van der Waals surface area contributed by atoms with Crippen molar-refractivity contribution in [3.63, 3.8) is 0 Å². The summed E-state index contributed by atoms with van der Waals surface area (Å²) in [5.74, 6) is 0.438. The number of nitrogens with zero attached hydrogens (tertiary/aromatic N) is 1. The van der Waals surface area contributed by atoms with Crippen LogP contribution in [0.1, 0.15) is 11.1 Å². The second-order valence-electron chi connectivity index (χ2n) is 4.58. The number of pyridine rings is 1. The van der Waals surface area contributed by atoms with E-state index in [0.717, 1.165) is 18.0 Å². The Hall–Kier alpha value is -2.42. The quantitative estimate of drug-likeness (QED) is 0.803. The molecule has 0 spiro atoms. The Bertz CT molecular complexity index is 693. The Morgan fingerprint density at radius 3 is 2.62 bits per heavy atom. The summed E-state index contributed by atoms with van der Waals surface area (Å²) in [6.45, 7) is -0.233. The Balaban J connectivity index is 1.87. The number of hydrogen-bond acceptors (Lipinski definition) is 4. The van der Waals surface area contributed by atoms with Gasteiger partial charge in [0.2, 0.25) is 5.88 Å². The van der Waals surface area contributed by atoms with Crippen molar-refractivity contribution in [2.45, 2.75) is 17.6 Å². The first kappa shape index (κ1) is 17.9. The molecule has 0 unspecified atom stereocenters. The third-order valence-corrected chi connectivity index (χ3v) is 3.71. The summed E-state index contributed by atoms with van der Waals surface area (Å²) in [5.41, 5.74) is -0.770. The summed E-state index contributed by atoms with van der Waals surface area (Å²) in [7, 11) is 1.49. The van der Waals surface area contributed by atoms with Gasteiger partial charge in [0.1, 0.15) is 0 Å². The van der Waals surface area contributed by atoms with Crippen LogP contribution >= 0.6 is 11.9 Å². The van der Waals surface area contributed by atoms with Crippen molar-refractivity contribution in [3.05, 3.63) is 53.7 Å². The maximum absolute atomic E-state index is 12.9. The van der Waals surface area contributed by atoms with Gasteiger partial charge in [0.05, 0.1) is 12.7 Å². The molecule has 5 nitrogen and oxygen atoms in total. The molecule has 1 aromatic heterocycles. The minimum atomic E-state index is -4.46.